The average molecular weight is 483 g/mol. The second kappa shape index (κ2) is 10.8. The molecular formula is C29H26N2O5. The Labute approximate surface area is 208 Å². The Morgan fingerprint density at radius 1 is 0.833 bits per heavy atom. The van der Waals surface area contributed by atoms with Crippen LogP contribution < -0.4 is 5.56 Å². The van der Waals surface area contributed by atoms with Crippen molar-refractivity contribution >= 4 is 11.9 Å². The van der Waals surface area contributed by atoms with Crippen molar-refractivity contribution in [2.24, 2.45) is 0 Å². The van der Waals surface area contributed by atoms with Crippen LogP contribution in [0.3, 0.4) is 0 Å². The highest BCUT2D eigenvalue weighted by Gasteiger charge is 2.26. The summed E-state index contributed by atoms with van der Waals surface area (Å²) in [5, 5.41) is 4.69. The molecule has 0 aliphatic rings. The number of esters is 2. The molecule has 0 bridgehead atoms. The van der Waals surface area contributed by atoms with E-state index in [9.17, 15) is 14.4 Å². The first-order valence-corrected chi connectivity index (χ1v) is 11.5. The quantitative estimate of drug-likeness (QED) is 0.346. The second-order valence-corrected chi connectivity index (χ2v) is 8.44. The topological polar surface area (TPSA) is 87.5 Å². The number of hydrogen-bond acceptors (Lipinski definition) is 6. The molecule has 4 rings (SSSR count). The number of carbonyl (C=O) groups is 2. The van der Waals surface area contributed by atoms with Gasteiger partial charge < -0.3 is 9.47 Å². The van der Waals surface area contributed by atoms with Crippen LogP contribution in [0.25, 0.3) is 22.4 Å². The molecule has 36 heavy (non-hydrogen) atoms. The van der Waals surface area contributed by atoms with Gasteiger partial charge in [0, 0.05) is 11.1 Å². The van der Waals surface area contributed by atoms with Gasteiger partial charge in [0.25, 0.3) is 5.56 Å². The van der Waals surface area contributed by atoms with Gasteiger partial charge in [-0.1, -0.05) is 72.8 Å². The molecule has 0 unspecified atom stereocenters. The van der Waals surface area contributed by atoms with E-state index in [2.05, 4.69) is 0 Å². The predicted molar refractivity (Wildman–Crippen MR) is 137 cm³/mol. The lowest BCUT2D eigenvalue weighted by Gasteiger charge is -2.16. The minimum atomic E-state index is -0.737. The first-order valence-electron chi connectivity index (χ1n) is 11.5. The lowest BCUT2D eigenvalue weighted by Crippen LogP contribution is -2.31. The van der Waals surface area contributed by atoms with Crippen LogP contribution >= 0.6 is 0 Å². The summed E-state index contributed by atoms with van der Waals surface area (Å²) in [4.78, 5) is 38.6. The standard InChI is InChI=1S/C29H26N2O5/c1-19(2)36-28(33)23-16-14-20(15-17-23)18-31-27(32)25(29(34)35-3)24(21-10-6-4-7-11-21)26(30-31)22-12-8-5-9-13-22/h4-17,19H,18H2,1-3H3. The van der Waals surface area contributed by atoms with Crippen molar-refractivity contribution in [3.05, 3.63) is 112 Å². The van der Waals surface area contributed by atoms with E-state index in [-0.39, 0.29) is 18.2 Å². The summed E-state index contributed by atoms with van der Waals surface area (Å²) in [6.45, 7) is 3.66. The lowest BCUT2D eigenvalue weighted by molar-refractivity contribution is 0.0377. The van der Waals surface area contributed by atoms with Gasteiger partial charge in [-0.05, 0) is 37.1 Å². The maximum Gasteiger partial charge on any atom is 0.344 e. The van der Waals surface area contributed by atoms with E-state index in [1.807, 2.05) is 60.7 Å². The molecule has 7 heteroatoms. The van der Waals surface area contributed by atoms with Gasteiger partial charge in [-0.15, -0.1) is 0 Å². The van der Waals surface area contributed by atoms with Crippen molar-refractivity contribution in [3.8, 4) is 22.4 Å². The van der Waals surface area contributed by atoms with Crippen LogP contribution in [-0.4, -0.2) is 34.9 Å². The zero-order valence-corrected chi connectivity index (χ0v) is 20.3. The number of ether oxygens (including phenoxy) is 2. The Balaban J connectivity index is 1.85. The third-order valence-corrected chi connectivity index (χ3v) is 5.52. The molecule has 0 fully saturated rings. The smallest absolute Gasteiger partial charge is 0.344 e. The minimum absolute atomic E-state index is 0.0883. The van der Waals surface area contributed by atoms with Gasteiger partial charge in [0.2, 0.25) is 0 Å². The molecule has 182 valence electrons. The predicted octanol–water partition coefficient (Wildman–Crippen LogP) is 4.98. The van der Waals surface area contributed by atoms with Crippen molar-refractivity contribution in [2.45, 2.75) is 26.5 Å². The maximum atomic E-state index is 13.6. The van der Waals surface area contributed by atoms with Crippen molar-refractivity contribution in [1.29, 1.82) is 0 Å². The Kier molecular flexibility index (Phi) is 7.39. The zero-order valence-electron chi connectivity index (χ0n) is 20.3. The second-order valence-electron chi connectivity index (χ2n) is 8.44. The molecular weight excluding hydrogens is 456 g/mol. The summed E-state index contributed by atoms with van der Waals surface area (Å²) in [7, 11) is 1.25. The molecule has 1 aromatic heterocycles. The highest BCUT2D eigenvalue weighted by Crippen LogP contribution is 2.32. The number of aromatic nitrogens is 2. The highest BCUT2D eigenvalue weighted by atomic mass is 16.5. The fourth-order valence-electron chi connectivity index (χ4n) is 3.85. The fraction of sp³-hybridized carbons (Fsp3) is 0.172. The van der Waals surface area contributed by atoms with Crippen LogP contribution in [0.15, 0.2) is 89.7 Å². The van der Waals surface area contributed by atoms with Crippen LogP contribution in [0.4, 0.5) is 0 Å². The summed E-state index contributed by atoms with van der Waals surface area (Å²) in [5.74, 6) is -1.16. The molecule has 0 aliphatic heterocycles. The van der Waals surface area contributed by atoms with Crippen LogP contribution in [0.1, 0.15) is 40.1 Å². The number of methoxy groups -OCH3 is 1. The van der Waals surface area contributed by atoms with Crippen molar-refractivity contribution < 1.29 is 19.1 Å². The lowest BCUT2D eigenvalue weighted by atomic mass is 9.95. The van der Waals surface area contributed by atoms with Crippen molar-refractivity contribution in [2.75, 3.05) is 7.11 Å². The summed E-state index contributed by atoms with van der Waals surface area (Å²) < 4.78 is 11.5. The number of rotatable bonds is 7. The molecule has 4 aromatic rings. The summed E-state index contributed by atoms with van der Waals surface area (Å²) in [6.07, 6.45) is -0.226. The van der Waals surface area contributed by atoms with E-state index in [1.54, 1.807) is 38.1 Å². The van der Waals surface area contributed by atoms with Gasteiger partial charge in [-0.3, -0.25) is 4.79 Å². The zero-order chi connectivity index (χ0) is 25.7. The van der Waals surface area contributed by atoms with Crippen LogP contribution in [-0.2, 0) is 16.0 Å². The molecule has 0 saturated carbocycles. The summed E-state index contributed by atoms with van der Waals surface area (Å²) in [5.41, 5.74) is 2.82. The molecule has 0 N–H and O–H groups in total. The van der Waals surface area contributed by atoms with Crippen molar-refractivity contribution in [1.82, 2.24) is 9.78 Å². The molecule has 0 spiro atoms. The normalized spacial score (nSPS) is 10.8. The molecule has 0 aliphatic carbocycles. The largest absolute Gasteiger partial charge is 0.465 e. The van der Waals surface area contributed by atoms with E-state index in [1.165, 1.54) is 11.8 Å². The number of nitrogens with zero attached hydrogens (tertiary/aromatic N) is 2. The average Bonchev–Trinajstić information content (AvgIpc) is 2.90. The molecule has 0 saturated heterocycles. The van der Waals surface area contributed by atoms with Gasteiger partial charge in [0.05, 0.1) is 31.0 Å². The molecule has 1 heterocycles. The number of benzene rings is 3. The molecule has 0 radical (unpaired) electrons. The Morgan fingerprint density at radius 2 is 1.42 bits per heavy atom. The Bertz CT molecular complexity index is 1430. The number of carbonyl (C=O) groups excluding carboxylic acids is 2. The highest BCUT2D eigenvalue weighted by molar-refractivity contribution is 6.00. The first kappa shape index (κ1) is 24.6. The SMILES string of the molecule is COC(=O)c1c(-c2ccccc2)c(-c2ccccc2)nn(Cc2ccc(C(=O)OC(C)C)cc2)c1=O. The minimum Gasteiger partial charge on any atom is -0.465 e. The molecule has 3 aromatic carbocycles. The van der Waals surface area contributed by atoms with Gasteiger partial charge in [-0.25, -0.2) is 14.3 Å². The van der Waals surface area contributed by atoms with E-state index in [4.69, 9.17) is 14.6 Å². The van der Waals surface area contributed by atoms with Crippen LogP contribution in [0, 0.1) is 0 Å². The van der Waals surface area contributed by atoms with Crippen molar-refractivity contribution in [3.63, 3.8) is 0 Å². The Hall–Kier alpha value is -4.52. The van der Waals surface area contributed by atoms with Crippen LogP contribution in [0.2, 0.25) is 0 Å². The van der Waals surface area contributed by atoms with E-state index in [0.717, 1.165) is 11.1 Å². The van der Waals surface area contributed by atoms with Gasteiger partial charge in [0.15, 0.2) is 0 Å². The molecule has 7 nitrogen and oxygen atoms in total. The summed E-state index contributed by atoms with van der Waals surface area (Å²) >= 11 is 0. The third kappa shape index (κ3) is 5.25. The summed E-state index contributed by atoms with van der Waals surface area (Å²) in [6, 6.07) is 25.3. The van der Waals surface area contributed by atoms with E-state index < -0.39 is 17.5 Å². The van der Waals surface area contributed by atoms with E-state index >= 15 is 0 Å². The third-order valence-electron chi connectivity index (χ3n) is 5.52. The molecule has 0 amide bonds. The van der Waals surface area contributed by atoms with E-state index in [0.29, 0.717) is 22.4 Å². The van der Waals surface area contributed by atoms with Gasteiger partial charge >= 0.3 is 11.9 Å². The fourth-order valence-corrected chi connectivity index (χ4v) is 3.85. The molecule has 0 atom stereocenters. The maximum absolute atomic E-state index is 13.6. The van der Waals surface area contributed by atoms with Gasteiger partial charge in [-0.2, -0.15) is 5.10 Å². The first-order chi connectivity index (χ1) is 17.4. The monoisotopic (exact) mass is 482 g/mol. The number of hydrogen-bond donors (Lipinski definition) is 0. The van der Waals surface area contributed by atoms with Gasteiger partial charge in [0.1, 0.15) is 5.56 Å². The Morgan fingerprint density at radius 3 is 1.97 bits per heavy atom. The van der Waals surface area contributed by atoms with Crippen LogP contribution in [0.5, 0.6) is 0 Å².